The van der Waals surface area contributed by atoms with Gasteiger partial charge in [0.1, 0.15) is 11.4 Å². The molecule has 0 saturated heterocycles. The van der Waals surface area contributed by atoms with E-state index in [0.717, 1.165) is 59.7 Å². The standard InChI is InChI=1S/C22H16N2O2/c1-3-7-15-13(5-1)9-11-17-19(15)23-25-21(17)22-18-12-10-14-6-2-4-8-16(14)20(18)24-26-22/h1-8H,9-12H2. The van der Waals surface area contributed by atoms with Crippen molar-refractivity contribution in [2.24, 2.45) is 0 Å². The highest BCUT2D eigenvalue weighted by Gasteiger charge is 2.31. The molecule has 0 unspecified atom stereocenters. The van der Waals surface area contributed by atoms with E-state index in [-0.39, 0.29) is 0 Å². The van der Waals surface area contributed by atoms with Crippen molar-refractivity contribution in [1.29, 1.82) is 0 Å². The minimum atomic E-state index is 0.752. The molecule has 0 atom stereocenters. The first-order chi connectivity index (χ1) is 12.9. The summed E-state index contributed by atoms with van der Waals surface area (Å²) in [5.41, 5.74) is 9.17. The molecule has 0 radical (unpaired) electrons. The van der Waals surface area contributed by atoms with Gasteiger partial charge in [0.25, 0.3) is 0 Å². The summed E-state index contributed by atoms with van der Waals surface area (Å²) in [6.45, 7) is 0. The van der Waals surface area contributed by atoms with Crippen molar-refractivity contribution in [3.8, 4) is 34.0 Å². The average Bonchev–Trinajstić information content (AvgIpc) is 3.32. The molecule has 2 aliphatic rings. The van der Waals surface area contributed by atoms with Crippen LogP contribution < -0.4 is 0 Å². The molecular weight excluding hydrogens is 324 g/mol. The van der Waals surface area contributed by atoms with Crippen molar-refractivity contribution >= 4 is 0 Å². The molecule has 0 amide bonds. The Labute approximate surface area is 150 Å². The van der Waals surface area contributed by atoms with Crippen LogP contribution in [0.15, 0.2) is 57.6 Å². The fraction of sp³-hybridized carbons (Fsp3) is 0.182. The lowest BCUT2D eigenvalue weighted by molar-refractivity contribution is 0.388. The number of aromatic nitrogens is 2. The van der Waals surface area contributed by atoms with Crippen LogP contribution in [0.5, 0.6) is 0 Å². The first kappa shape index (κ1) is 14.1. The summed E-state index contributed by atoms with van der Waals surface area (Å²) in [4.78, 5) is 0. The molecule has 126 valence electrons. The minimum absolute atomic E-state index is 0.752. The third kappa shape index (κ3) is 1.84. The van der Waals surface area contributed by atoms with Crippen molar-refractivity contribution < 1.29 is 9.05 Å². The monoisotopic (exact) mass is 340 g/mol. The van der Waals surface area contributed by atoms with Gasteiger partial charge in [-0.3, -0.25) is 0 Å². The maximum atomic E-state index is 5.79. The van der Waals surface area contributed by atoms with E-state index in [4.69, 9.17) is 9.05 Å². The summed E-state index contributed by atoms with van der Waals surface area (Å²) < 4.78 is 11.6. The molecule has 2 aliphatic carbocycles. The molecule has 4 heteroatoms. The van der Waals surface area contributed by atoms with Crippen LogP contribution >= 0.6 is 0 Å². The van der Waals surface area contributed by atoms with Crippen LogP contribution in [-0.2, 0) is 25.7 Å². The van der Waals surface area contributed by atoms with Crippen molar-refractivity contribution in [3.05, 3.63) is 70.8 Å². The van der Waals surface area contributed by atoms with Crippen molar-refractivity contribution in [2.75, 3.05) is 0 Å². The third-order valence-corrected chi connectivity index (χ3v) is 5.62. The number of hydrogen-bond donors (Lipinski definition) is 0. The lowest BCUT2D eigenvalue weighted by Crippen LogP contribution is -2.05. The Morgan fingerprint density at radius 3 is 1.54 bits per heavy atom. The lowest BCUT2D eigenvalue weighted by Gasteiger charge is -2.15. The van der Waals surface area contributed by atoms with E-state index >= 15 is 0 Å². The molecule has 2 aromatic carbocycles. The van der Waals surface area contributed by atoms with Gasteiger partial charge >= 0.3 is 0 Å². The molecule has 0 bridgehead atoms. The number of nitrogens with zero attached hydrogens (tertiary/aromatic N) is 2. The van der Waals surface area contributed by atoms with Gasteiger partial charge < -0.3 is 9.05 Å². The molecule has 2 aromatic heterocycles. The zero-order valence-electron chi connectivity index (χ0n) is 14.2. The van der Waals surface area contributed by atoms with Gasteiger partial charge in [-0.25, -0.2) is 0 Å². The van der Waals surface area contributed by atoms with Crippen molar-refractivity contribution in [3.63, 3.8) is 0 Å². The highest BCUT2D eigenvalue weighted by atomic mass is 16.5. The van der Waals surface area contributed by atoms with E-state index in [0.29, 0.717) is 0 Å². The second-order valence-corrected chi connectivity index (χ2v) is 6.99. The summed E-state index contributed by atoms with van der Waals surface area (Å²) in [5.74, 6) is 1.50. The Balaban J connectivity index is 1.52. The summed E-state index contributed by atoms with van der Waals surface area (Å²) in [7, 11) is 0. The van der Waals surface area contributed by atoms with Gasteiger partial charge in [0.15, 0.2) is 0 Å². The second-order valence-electron chi connectivity index (χ2n) is 6.99. The fourth-order valence-electron chi connectivity index (χ4n) is 4.32. The number of rotatable bonds is 1. The van der Waals surface area contributed by atoms with Crippen LogP contribution in [0.4, 0.5) is 0 Å². The molecule has 0 saturated carbocycles. The van der Waals surface area contributed by atoms with Crippen LogP contribution in [-0.4, -0.2) is 10.3 Å². The minimum Gasteiger partial charge on any atom is -0.352 e. The van der Waals surface area contributed by atoms with Gasteiger partial charge in [-0.2, -0.15) is 0 Å². The Hall–Kier alpha value is -3.14. The first-order valence-electron chi connectivity index (χ1n) is 9.04. The number of fused-ring (bicyclic) bond motifs is 6. The van der Waals surface area contributed by atoms with Gasteiger partial charge in [-0.15, -0.1) is 0 Å². The Morgan fingerprint density at radius 1 is 0.577 bits per heavy atom. The summed E-state index contributed by atoms with van der Waals surface area (Å²) in [6.07, 6.45) is 3.82. The van der Waals surface area contributed by atoms with Crippen LogP contribution in [0.25, 0.3) is 34.0 Å². The van der Waals surface area contributed by atoms with Gasteiger partial charge in [-0.05, 0) is 36.8 Å². The molecule has 4 nitrogen and oxygen atoms in total. The molecule has 0 aliphatic heterocycles. The quantitative estimate of drug-likeness (QED) is 0.496. The predicted octanol–water partition coefficient (Wildman–Crippen LogP) is 4.86. The molecule has 4 aromatic rings. The van der Waals surface area contributed by atoms with Crippen LogP contribution in [0.1, 0.15) is 22.3 Å². The van der Waals surface area contributed by atoms with E-state index in [9.17, 15) is 0 Å². The predicted molar refractivity (Wildman–Crippen MR) is 97.7 cm³/mol. The molecule has 26 heavy (non-hydrogen) atoms. The highest BCUT2D eigenvalue weighted by molar-refractivity contribution is 5.80. The Morgan fingerprint density at radius 2 is 1.04 bits per heavy atom. The molecule has 2 heterocycles. The normalized spacial score (nSPS) is 14.3. The molecule has 0 spiro atoms. The number of hydrogen-bond acceptors (Lipinski definition) is 4. The zero-order valence-corrected chi connectivity index (χ0v) is 14.2. The lowest BCUT2D eigenvalue weighted by atomic mass is 9.86. The number of aryl methyl sites for hydroxylation is 2. The molecule has 6 rings (SSSR count). The second kappa shape index (κ2) is 5.18. The molecular formula is C22H16N2O2. The van der Waals surface area contributed by atoms with Crippen molar-refractivity contribution in [2.45, 2.75) is 25.7 Å². The largest absolute Gasteiger partial charge is 0.352 e. The van der Waals surface area contributed by atoms with Gasteiger partial charge in [0.2, 0.25) is 11.5 Å². The van der Waals surface area contributed by atoms with Gasteiger partial charge in [0.05, 0.1) is 0 Å². The highest BCUT2D eigenvalue weighted by Crippen LogP contribution is 2.43. The van der Waals surface area contributed by atoms with Gasteiger partial charge in [0, 0.05) is 22.3 Å². The average molecular weight is 340 g/mol. The van der Waals surface area contributed by atoms with E-state index in [1.807, 2.05) is 0 Å². The summed E-state index contributed by atoms with van der Waals surface area (Å²) >= 11 is 0. The van der Waals surface area contributed by atoms with Crippen LogP contribution in [0, 0.1) is 0 Å². The number of benzene rings is 2. The van der Waals surface area contributed by atoms with Crippen LogP contribution in [0.3, 0.4) is 0 Å². The third-order valence-electron chi connectivity index (χ3n) is 5.62. The van der Waals surface area contributed by atoms with E-state index in [1.165, 1.54) is 22.3 Å². The maximum absolute atomic E-state index is 5.79. The van der Waals surface area contributed by atoms with Crippen LogP contribution in [0.2, 0.25) is 0 Å². The van der Waals surface area contributed by atoms with Gasteiger partial charge in [-0.1, -0.05) is 58.8 Å². The summed E-state index contributed by atoms with van der Waals surface area (Å²) in [6, 6.07) is 16.8. The van der Waals surface area contributed by atoms with Crippen molar-refractivity contribution in [1.82, 2.24) is 10.3 Å². The molecule has 0 N–H and O–H groups in total. The maximum Gasteiger partial charge on any atom is 0.209 e. The topological polar surface area (TPSA) is 52.1 Å². The molecule has 0 fully saturated rings. The smallest absolute Gasteiger partial charge is 0.209 e. The SMILES string of the molecule is c1ccc2c(c1)CCc1c-2noc1-c1onc2c1CCc1ccccc1-2. The zero-order chi connectivity index (χ0) is 17.1. The Bertz CT molecular complexity index is 1060. The summed E-state index contributed by atoms with van der Waals surface area (Å²) in [5, 5.41) is 8.77. The first-order valence-corrected chi connectivity index (χ1v) is 9.04. The van der Waals surface area contributed by atoms with E-state index < -0.39 is 0 Å². The van der Waals surface area contributed by atoms with E-state index in [1.54, 1.807) is 0 Å². The Kier molecular flexibility index (Phi) is 2.80. The fourth-order valence-corrected chi connectivity index (χ4v) is 4.32. The van der Waals surface area contributed by atoms with E-state index in [2.05, 4.69) is 58.8 Å².